The van der Waals surface area contributed by atoms with Gasteiger partial charge in [0.25, 0.3) is 0 Å². The Morgan fingerprint density at radius 2 is 2.19 bits per heavy atom. The minimum absolute atomic E-state index is 0.527. The fourth-order valence-corrected chi connectivity index (χ4v) is 2.78. The van der Waals surface area contributed by atoms with E-state index in [1.807, 2.05) is 0 Å². The highest BCUT2D eigenvalue weighted by atomic mass is 16.5. The van der Waals surface area contributed by atoms with Gasteiger partial charge in [-0.3, -0.25) is 0 Å². The zero-order valence-corrected chi connectivity index (χ0v) is 10.7. The molecule has 1 aliphatic heterocycles. The second-order valence-corrected chi connectivity index (χ2v) is 5.33. The normalized spacial score (nSPS) is 39.4. The van der Waals surface area contributed by atoms with E-state index in [9.17, 15) is 0 Å². The molecular weight excluding hydrogens is 200 g/mol. The Balaban J connectivity index is 1.58. The van der Waals surface area contributed by atoms with Crippen molar-refractivity contribution >= 4 is 0 Å². The number of ether oxygens (including phenoxy) is 1. The summed E-state index contributed by atoms with van der Waals surface area (Å²) in [7, 11) is 0. The predicted molar refractivity (Wildman–Crippen MR) is 66.6 cm³/mol. The summed E-state index contributed by atoms with van der Waals surface area (Å²) in [6, 6.07) is 1.38. The van der Waals surface area contributed by atoms with E-state index in [0.29, 0.717) is 18.2 Å². The van der Waals surface area contributed by atoms with Gasteiger partial charge in [-0.05, 0) is 45.1 Å². The molecular formula is C13H26N2O. The van der Waals surface area contributed by atoms with Crippen molar-refractivity contribution in [1.82, 2.24) is 10.6 Å². The topological polar surface area (TPSA) is 33.3 Å². The number of hydrogen-bond acceptors (Lipinski definition) is 3. The highest BCUT2D eigenvalue weighted by molar-refractivity contribution is 4.88. The predicted octanol–water partition coefficient (Wildman–Crippen LogP) is 1.53. The Morgan fingerprint density at radius 1 is 1.38 bits per heavy atom. The second-order valence-electron chi connectivity index (χ2n) is 5.33. The molecule has 0 bridgehead atoms. The summed E-state index contributed by atoms with van der Waals surface area (Å²) in [6.07, 6.45) is 5.66. The van der Waals surface area contributed by atoms with Crippen molar-refractivity contribution in [3.05, 3.63) is 0 Å². The molecule has 2 rings (SSSR count). The van der Waals surface area contributed by atoms with Crippen LogP contribution >= 0.6 is 0 Å². The number of hydrogen-bond donors (Lipinski definition) is 2. The van der Waals surface area contributed by atoms with Gasteiger partial charge in [0.2, 0.25) is 0 Å². The summed E-state index contributed by atoms with van der Waals surface area (Å²) < 4.78 is 5.57. The molecule has 3 nitrogen and oxygen atoms in total. The van der Waals surface area contributed by atoms with E-state index >= 15 is 0 Å². The smallest absolute Gasteiger partial charge is 0.0604 e. The van der Waals surface area contributed by atoms with Gasteiger partial charge >= 0.3 is 0 Å². The van der Waals surface area contributed by atoms with Crippen molar-refractivity contribution < 1.29 is 4.74 Å². The van der Waals surface area contributed by atoms with Gasteiger partial charge in [-0.15, -0.1) is 0 Å². The van der Waals surface area contributed by atoms with Crippen LogP contribution in [-0.4, -0.2) is 37.9 Å². The van der Waals surface area contributed by atoms with Gasteiger partial charge in [-0.1, -0.05) is 6.92 Å². The molecule has 2 unspecified atom stereocenters. The maximum Gasteiger partial charge on any atom is 0.0604 e. The molecule has 2 N–H and O–H groups in total. The van der Waals surface area contributed by atoms with Gasteiger partial charge in [0.1, 0.15) is 0 Å². The zero-order chi connectivity index (χ0) is 11.4. The third-order valence-corrected chi connectivity index (χ3v) is 4.05. The Morgan fingerprint density at radius 3 is 2.88 bits per heavy atom. The Hall–Kier alpha value is -0.120. The van der Waals surface area contributed by atoms with Gasteiger partial charge in [-0.25, -0.2) is 0 Å². The third-order valence-electron chi connectivity index (χ3n) is 4.05. The molecule has 1 saturated carbocycles. The highest BCUT2D eigenvalue weighted by Gasteiger charge is 2.30. The molecule has 2 fully saturated rings. The summed E-state index contributed by atoms with van der Waals surface area (Å²) >= 11 is 0. The van der Waals surface area contributed by atoms with Crippen LogP contribution in [0.3, 0.4) is 0 Å². The van der Waals surface area contributed by atoms with Gasteiger partial charge in [0, 0.05) is 25.2 Å². The summed E-state index contributed by atoms with van der Waals surface area (Å²) in [6.45, 7) is 7.63. The first kappa shape index (κ1) is 12.3. The summed E-state index contributed by atoms with van der Waals surface area (Å²) in [5.74, 6) is 0.823. The first-order chi connectivity index (χ1) is 7.79. The van der Waals surface area contributed by atoms with Crippen molar-refractivity contribution in [2.24, 2.45) is 5.92 Å². The average molecular weight is 226 g/mol. The molecule has 94 valence electrons. The zero-order valence-electron chi connectivity index (χ0n) is 10.7. The Bertz CT molecular complexity index is 204. The summed E-state index contributed by atoms with van der Waals surface area (Å²) in [5, 5.41) is 7.28. The van der Waals surface area contributed by atoms with E-state index in [1.165, 1.54) is 32.2 Å². The van der Waals surface area contributed by atoms with Crippen molar-refractivity contribution in [2.75, 3.05) is 19.7 Å². The van der Waals surface area contributed by atoms with Crippen LogP contribution in [0.2, 0.25) is 0 Å². The third kappa shape index (κ3) is 3.19. The average Bonchev–Trinajstić information content (AvgIpc) is 2.23. The molecule has 0 aromatic rings. The summed E-state index contributed by atoms with van der Waals surface area (Å²) in [5.41, 5.74) is 0. The lowest BCUT2D eigenvalue weighted by Crippen LogP contribution is -2.52. The van der Waals surface area contributed by atoms with E-state index in [0.717, 1.165) is 19.1 Å². The van der Waals surface area contributed by atoms with E-state index in [1.54, 1.807) is 0 Å². The van der Waals surface area contributed by atoms with Crippen molar-refractivity contribution in [1.29, 1.82) is 0 Å². The number of piperidine rings is 1. The van der Waals surface area contributed by atoms with Crippen LogP contribution in [0.1, 0.15) is 39.5 Å². The van der Waals surface area contributed by atoms with Gasteiger partial charge in [0.15, 0.2) is 0 Å². The lowest BCUT2D eigenvalue weighted by molar-refractivity contribution is -0.0107. The van der Waals surface area contributed by atoms with E-state index < -0.39 is 0 Å². The molecule has 16 heavy (non-hydrogen) atoms. The minimum Gasteiger partial charge on any atom is -0.378 e. The molecule has 0 radical (unpaired) electrons. The molecule has 1 heterocycles. The number of rotatable bonds is 5. The largest absolute Gasteiger partial charge is 0.378 e. The van der Waals surface area contributed by atoms with E-state index in [2.05, 4.69) is 24.5 Å². The standard InChI is InChI=1S/C13H26N2O/c1-3-16-12-7-11(8-12)15-9-13-10(2)5-4-6-14-13/h10-15H,3-9H2,1-2H3. The molecule has 0 spiro atoms. The summed E-state index contributed by atoms with van der Waals surface area (Å²) in [4.78, 5) is 0. The lowest BCUT2D eigenvalue weighted by Gasteiger charge is -2.38. The molecule has 2 aliphatic rings. The molecule has 3 heteroatoms. The molecule has 0 aromatic heterocycles. The Labute approximate surface area is 99.3 Å². The molecule has 0 amide bonds. The van der Waals surface area contributed by atoms with Crippen molar-refractivity contribution in [3.63, 3.8) is 0 Å². The lowest BCUT2D eigenvalue weighted by atomic mass is 9.87. The maximum atomic E-state index is 5.57. The van der Waals surface area contributed by atoms with Gasteiger partial charge < -0.3 is 15.4 Å². The van der Waals surface area contributed by atoms with Crippen LogP contribution in [0.25, 0.3) is 0 Å². The minimum atomic E-state index is 0.527. The van der Waals surface area contributed by atoms with Gasteiger partial charge in [-0.2, -0.15) is 0 Å². The van der Waals surface area contributed by atoms with E-state index in [-0.39, 0.29) is 0 Å². The first-order valence-electron chi connectivity index (χ1n) is 6.88. The molecule has 1 saturated heterocycles. The van der Waals surface area contributed by atoms with Crippen LogP contribution in [0, 0.1) is 5.92 Å². The van der Waals surface area contributed by atoms with Crippen molar-refractivity contribution in [3.8, 4) is 0 Å². The van der Waals surface area contributed by atoms with Crippen LogP contribution in [0.15, 0.2) is 0 Å². The number of nitrogens with one attached hydrogen (secondary N) is 2. The second kappa shape index (κ2) is 5.99. The SMILES string of the molecule is CCOC1CC(NCC2NCCCC2C)C1. The highest BCUT2D eigenvalue weighted by Crippen LogP contribution is 2.23. The van der Waals surface area contributed by atoms with Crippen LogP contribution in [-0.2, 0) is 4.74 Å². The van der Waals surface area contributed by atoms with Crippen LogP contribution in [0.5, 0.6) is 0 Å². The van der Waals surface area contributed by atoms with E-state index in [4.69, 9.17) is 4.74 Å². The molecule has 0 aromatic carbocycles. The fraction of sp³-hybridized carbons (Fsp3) is 1.00. The quantitative estimate of drug-likeness (QED) is 0.746. The van der Waals surface area contributed by atoms with Crippen molar-refractivity contribution in [2.45, 2.75) is 57.7 Å². The monoisotopic (exact) mass is 226 g/mol. The van der Waals surface area contributed by atoms with Crippen LogP contribution < -0.4 is 10.6 Å². The van der Waals surface area contributed by atoms with Crippen LogP contribution in [0.4, 0.5) is 0 Å². The molecule has 1 aliphatic carbocycles. The molecule has 2 atom stereocenters. The fourth-order valence-electron chi connectivity index (χ4n) is 2.78. The first-order valence-corrected chi connectivity index (χ1v) is 6.88. The maximum absolute atomic E-state index is 5.57. The Kier molecular flexibility index (Phi) is 4.62. The van der Waals surface area contributed by atoms with Gasteiger partial charge in [0.05, 0.1) is 6.10 Å².